The Morgan fingerprint density at radius 2 is 2.12 bits per heavy atom. The number of amides is 1. The Hall–Kier alpha value is -1.66. The normalized spacial score (nSPS) is 11.9. The van der Waals surface area contributed by atoms with Gasteiger partial charge >= 0.3 is 5.97 Å². The zero-order valence-corrected chi connectivity index (χ0v) is 9.24. The number of aliphatic carboxylic acids is 1. The average molecular weight is 262 g/mol. The van der Waals surface area contributed by atoms with E-state index in [1.165, 1.54) is 12.1 Å². The van der Waals surface area contributed by atoms with Crippen molar-refractivity contribution in [1.29, 1.82) is 0 Å². The first-order valence-corrected chi connectivity index (χ1v) is 4.93. The van der Waals surface area contributed by atoms with Crippen LogP contribution in [0.25, 0.3) is 0 Å². The molecule has 1 aromatic rings. The van der Waals surface area contributed by atoms with Crippen LogP contribution < -0.4 is 5.32 Å². The van der Waals surface area contributed by atoms with E-state index in [2.05, 4.69) is 0 Å². The second-order valence-corrected chi connectivity index (χ2v) is 3.55. The van der Waals surface area contributed by atoms with Gasteiger partial charge in [0.1, 0.15) is 5.82 Å². The highest BCUT2D eigenvalue weighted by Crippen LogP contribution is 2.18. The van der Waals surface area contributed by atoms with E-state index in [9.17, 15) is 14.0 Å². The molecule has 0 saturated carbocycles. The summed E-state index contributed by atoms with van der Waals surface area (Å²) >= 11 is 5.62. The number of halogens is 2. The summed E-state index contributed by atoms with van der Waals surface area (Å²) in [5, 5.41) is 19.1. The van der Waals surface area contributed by atoms with Crippen LogP contribution in [0.1, 0.15) is 10.4 Å². The van der Waals surface area contributed by atoms with Crippen LogP contribution in [0.4, 0.5) is 4.39 Å². The van der Waals surface area contributed by atoms with Crippen molar-refractivity contribution in [3.8, 4) is 0 Å². The molecule has 1 atom stereocenters. The number of benzene rings is 1. The standard InChI is InChI=1S/C10H9ClFNO4/c11-5-2-1-3-6(12)8(5)9(15)13-7(4-14)10(16)17/h1-3,7,14H,4H2,(H,13,15)(H,16,17)/t7-/m0/s1. The molecule has 0 fully saturated rings. The summed E-state index contributed by atoms with van der Waals surface area (Å²) in [5.41, 5.74) is -0.450. The first-order valence-electron chi connectivity index (χ1n) is 4.56. The maximum absolute atomic E-state index is 13.3. The number of aliphatic hydroxyl groups excluding tert-OH is 1. The van der Waals surface area contributed by atoms with Crippen LogP contribution in [0.15, 0.2) is 18.2 Å². The Labute approximate surface area is 101 Å². The molecule has 1 rings (SSSR count). The van der Waals surface area contributed by atoms with Gasteiger partial charge in [-0.1, -0.05) is 17.7 Å². The van der Waals surface area contributed by atoms with E-state index in [1.54, 1.807) is 0 Å². The zero-order chi connectivity index (χ0) is 13.0. The molecule has 0 radical (unpaired) electrons. The molecule has 3 N–H and O–H groups in total. The highest BCUT2D eigenvalue weighted by Gasteiger charge is 2.22. The lowest BCUT2D eigenvalue weighted by Crippen LogP contribution is -2.43. The van der Waals surface area contributed by atoms with E-state index in [0.717, 1.165) is 6.07 Å². The number of hydrogen-bond donors (Lipinski definition) is 3. The summed E-state index contributed by atoms with van der Waals surface area (Å²) in [4.78, 5) is 22.1. The van der Waals surface area contributed by atoms with Gasteiger partial charge in [-0.15, -0.1) is 0 Å². The summed E-state index contributed by atoms with van der Waals surface area (Å²) in [5.74, 6) is -3.28. The summed E-state index contributed by atoms with van der Waals surface area (Å²) in [6, 6.07) is 2.14. The van der Waals surface area contributed by atoms with E-state index in [0.29, 0.717) is 0 Å². The van der Waals surface area contributed by atoms with Gasteiger partial charge in [0, 0.05) is 0 Å². The first-order chi connectivity index (χ1) is 7.97. The molecule has 0 bridgehead atoms. The molecule has 0 unspecified atom stereocenters. The molecule has 92 valence electrons. The number of hydrogen-bond acceptors (Lipinski definition) is 3. The zero-order valence-electron chi connectivity index (χ0n) is 8.48. The number of carboxylic acid groups (broad SMARTS) is 1. The van der Waals surface area contributed by atoms with Crippen LogP contribution in [0.2, 0.25) is 5.02 Å². The van der Waals surface area contributed by atoms with Crippen molar-refractivity contribution in [2.75, 3.05) is 6.61 Å². The topological polar surface area (TPSA) is 86.6 Å². The van der Waals surface area contributed by atoms with E-state index >= 15 is 0 Å². The summed E-state index contributed by atoms with van der Waals surface area (Å²) < 4.78 is 13.3. The minimum Gasteiger partial charge on any atom is -0.480 e. The molecule has 0 spiro atoms. The molecule has 1 amide bonds. The van der Waals surface area contributed by atoms with E-state index in [1.807, 2.05) is 5.32 Å². The molecule has 17 heavy (non-hydrogen) atoms. The summed E-state index contributed by atoms with van der Waals surface area (Å²) in [6.07, 6.45) is 0. The van der Waals surface area contributed by atoms with Crippen molar-refractivity contribution in [2.45, 2.75) is 6.04 Å². The van der Waals surface area contributed by atoms with E-state index in [-0.39, 0.29) is 5.02 Å². The molecule has 0 aliphatic rings. The average Bonchev–Trinajstić information content (AvgIpc) is 2.25. The Bertz CT molecular complexity index is 432. The number of nitrogens with one attached hydrogen (secondary N) is 1. The minimum atomic E-state index is -1.50. The van der Waals surface area contributed by atoms with Gasteiger partial charge in [-0.3, -0.25) is 4.79 Å². The Morgan fingerprint density at radius 1 is 1.47 bits per heavy atom. The molecular formula is C10H9ClFNO4. The van der Waals surface area contributed by atoms with Crippen molar-refractivity contribution in [1.82, 2.24) is 5.32 Å². The molecule has 1 aromatic carbocycles. The maximum Gasteiger partial charge on any atom is 0.328 e. The van der Waals surface area contributed by atoms with Gasteiger partial charge in [-0.25, -0.2) is 9.18 Å². The van der Waals surface area contributed by atoms with Crippen molar-refractivity contribution in [3.05, 3.63) is 34.6 Å². The fraction of sp³-hybridized carbons (Fsp3) is 0.200. The van der Waals surface area contributed by atoms with Crippen LogP contribution in [0.3, 0.4) is 0 Å². The molecule has 0 aliphatic carbocycles. The van der Waals surface area contributed by atoms with Gasteiger partial charge in [0.2, 0.25) is 0 Å². The van der Waals surface area contributed by atoms with Gasteiger partial charge in [-0.05, 0) is 12.1 Å². The van der Waals surface area contributed by atoms with Crippen LogP contribution in [0.5, 0.6) is 0 Å². The molecule has 0 heterocycles. The fourth-order valence-electron chi connectivity index (χ4n) is 1.13. The van der Waals surface area contributed by atoms with Crippen LogP contribution in [-0.2, 0) is 4.79 Å². The van der Waals surface area contributed by atoms with Crippen molar-refractivity contribution in [2.24, 2.45) is 0 Å². The third-order valence-corrected chi connectivity index (χ3v) is 2.29. The third-order valence-electron chi connectivity index (χ3n) is 1.98. The van der Waals surface area contributed by atoms with Gasteiger partial charge in [-0.2, -0.15) is 0 Å². The van der Waals surface area contributed by atoms with Gasteiger partial charge < -0.3 is 15.5 Å². The molecule has 0 aliphatic heterocycles. The lowest BCUT2D eigenvalue weighted by molar-refractivity contribution is -0.140. The molecule has 0 aromatic heterocycles. The summed E-state index contributed by atoms with van der Waals surface area (Å²) in [7, 11) is 0. The minimum absolute atomic E-state index is 0.135. The summed E-state index contributed by atoms with van der Waals surface area (Å²) in [6.45, 7) is -0.798. The van der Waals surface area contributed by atoms with Crippen molar-refractivity contribution >= 4 is 23.5 Å². The van der Waals surface area contributed by atoms with Crippen molar-refractivity contribution < 1.29 is 24.2 Å². The molecule has 7 heteroatoms. The third kappa shape index (κ3) is 3.15. The number of aliphatic hydroxyl groups is 1. The van der Waals surface area contributed by atoms with E-state index < -0.39 is 35.9 Å². The SMILES string of the molecule is O=C(N[C@@H](CO)C(=O)O)c1c(F)cccc1Cl. The van der Waals surface area contributed by atoms with Crippen LogP contribution >= 0.6 is 11.6 Å². The Balaban J connectivity index is 2.94. The largest absolute Gasteiger partial charge is 0.480 e. The van der Waals surface area contributed by atoms with Gasteiger partial charge in [0.05, 0.1) is 17.2 Å². The van der Waals surface area contributed by atoms with Crippen LogP contribution in [0, 0.1) is 5.82 Å². The quantitative estimate of drug-likeness (QED) is 0.743. The Morgan fingerprint density at radius 3 is 2.59 bits per heavy atom. The predicted molar refractivity (Wildman–Crippen MR) is 57.4 cm³/mol. The second-order valence-electron chi connectivity index (χ2n) is 3.14. The number of carbonyl (C=O) groups excluding carboxylic acids is 1. The van der Waals surface area contributed by atoms with Gasteiger partial charge in [0.25, 0.3) is 5.91 Å². The predicted octanol–water partition coefficient (Wildman–Crippen LogP) is 0.654. The molecule has 5 nitrogen and oxygen atoms in total. The smallest absolute Gasteiger partial charge is 0.328 e. The lowest BCUT2D eigenvalue weighted by Gasteiger charge is -2.12. The maximum atomic E-state index is 13.3. The number of rotatable bonds is 4. The highest BCUT2D eigenvalue weighted by molar-refractivity contribution is 6.33. The Kier molecular flexibility index (Phi) is 4.42. The molecule has 0 saturated heterocycles. The number of carboxylic acids is 1. The first kappa shape index (κ1) is 13.4. The fourth-order valence-corrected chi connectivity index (χ4v) is 1.38. The second kappa shape index (κ2) is 5.60. The van der Waals surface area contributed by atoms with Crippen molar-refractivity contribution in [3.63, 3.8) is 0 Å². The monoisotopic (exact) mass is 261 g/mol. The number of carbonyl (C=O) groups is 2. The van der Waals surface area contributed by atoms with E-state index in [4.69, 9.17) is 21.8 Å². The highest BCUT2D eigenvalue weighted by atomic mass is 35.5. The van der Waals surface area contributed by atoms with Gasteiger partial charge in [0.15, 0.2) is 6.04 Å². The lowest BCUT2D eigenvalue weighted by atomic mass is 10.2. The molecular weight excluding hydrogens is 253 g/mol. The van der Waals surface area contributed by atoms with Crippen LogP contribution in [-0.4, -0.2) is 34.7 Å².